The summed E-state index contributed by atoms with van der Waals surface area (Å²) < 4.78 is 41.9. The van der Waals surface area contributed by atoms with Crippen LogP contribution in [-0.2, 0) is 6.18 Å². The third kappa shape index (κ3) is 4.08. The van der Waals surface area contributed by atoms with Crippen LogP contribution in [0.4, 0.5) is 13.2 Å². The van der Waals surface area contributed by atoms with Crippen LogP contribution in [0, 0.1) is 5.41 Å². The van der Waals surface area contributed by atoms with E-state index in [-0.39, 0.29) is 5.41 Å². The highest BCUT2D eigenvalue weighted by Gasteiger charge is 2.32. The van der Waals surface area contributed by atoms with Gasteiger partial charge in [-0.1, -0.05) is 20.8 Å². The molecule has 0 saturated carbocycles. The molecule has 0 aliphatic carbocycles. The number of nitrogens with zero attached hydrogens (tertiary/aromatic N) is 1. The first-order chi connectivity index (χ1) is 7.18. The van der Waals surface area contributed by atoms with Crippen LogP contribution >= 0.6 is 0 Å². The zero-order valence-corrected chi connectivity index (χ0v) is 9.43. The van der Waals surface area contributed by atoms with Crippen LogP contribution in [0.25, 0.3) is 0 Å². The van der Waals surface area contributed by atoms with Crippen LogP contribution in [0.3, 0.4) is 0 Å². The van der Waals surface area contributed by atoms with E-state index >= 15 is 0 Å². The molecule has 1 aromatic rings. The van der Waals surface area contributed by atoms with E-state index in [2.05, 4.69) is 4.98 Å². The minimum absolute atomic E-state index is 0.0390. The average Bonchev–Trinajstić information content (AvgIpc) is 2.13. The summed E-state index contributed by atoms with van der Waals surface area (Å²) in [6.07, 6.45) is -3.31. The summed E-state index contributed by atoms with van der Waals surface area (Å²) >= 11 is 0. The molecule has 0 radical (unpaired) electrons. The second-order valence-corrected chi connectivity index (χ2v) is 4.73. The molecule has 0 saturated heterocycles. The van der Waals surface area contributed by atoms with E-state index in [0.717, 1.165) is 12.3 Å². The van der Waals surface area contributed by atoms with Gasteiger partial charge in [0, 0.05) is 0 Å². The number of hydrogen-bond donors (Lipinski definition) is 0. The molecule has 1 heterocycles. The van der Waals surface area contributed by atoms with Crippen LogP contribution in [0.1, 0.15) is 26.5 Å². The van der Waals surface area contributed by atoms with Gasteiger partial charge < -0.3 is 4.74 Å². The Labute approximate surface area is 92.5 Å². The van der Waals surface area contributed by atoms with Gasteiger partial charge in [0.1, 0.15) is 11.4 Å². The molecule has 90 valence electrons. The maximum absolute atomic E-state index is 12.2. The summed E-state index contributed by atoms with van der Waals surface area (Å²) in [6, 6.07) is 2.19. The number of halogens is 3. The van der Waals surface area contributed by atoms with Crippen LogP contribution in [-0.4, -0.2) is 11.6 Å². The molecule has 16 heavy (non-hydrogen) atoms. The smallest absolute Gasteiger partial charge is 0.433 e. The van der Waals surface area contributed by atoms with E-state index in [1.807, 2.05) is 20.8 Å². The van der Waals surface area contributed by atoms with Crippen molar-refractivity contribution in [3.05, 3.63) is 24.0 Å². The van der Waals surface area contributed by atoms with Gasteiger partial charge in [-0.25, -0.2) is 4.98 Å². The second kappa shape index (κ2) is 4.31. The molecule has 1 aromatic heterocycles. The maximum Gasteiger partial charge on any atom is 0.433 e. The van der Waals surface area contributed by atoms with Gasteiger partial charge in [-0.2, -0.15) is 13.2 Å². The molecular formula is C11H14F3NO. The molecule has 0 unspecified atom stereocenters. The maximum atomic E-state index is 12.2. The van der Waals surface area contributed by atoms with Crippen molar-refractivity contribution < 1.29 is 17.9 Å². The highest BCUT2D eigenvalue weighted by Crippen LogP contribution is 2.28. The topological polar surface area (TPSA) is 22.1 Å². The van der Waals surface area contributed by atoms with E-state index in [4.69, 9.17) is 4.74 Å². The molecule has 0 aromatic carbocycles. The molecular weight excluding hydrogens is 219 g/mol. The Bertz CT molecular complexity index is 338. The average molecular weight is 233 g/mol. The van der Waals surface area contributed by atoms with Gasteiger partial charge in [0.15, 0.2) is 0 Å². The molecule has 1 rings (SSSR count). The first-order valence-electron chi connectivity index (χ1n) is 4.84. The van der Waals surface area contributed by atoms with Gasteiger partial charge in [0.25, 0.3) is 0 Å². The molecule has 0 fully saturated rings. The number of aromatic nitrogens is 1. The summed E-state index contributed by atoms with van der Waals surface area (Å²) in [5.41, 5.74) is -0.946. The molecule has 0 amide bonds. The second-order valence-electron chi connectivity index (χ2n) is 4.73. The van der Waals surface area contributed by atoms with Crippen LogP contribution < -0.4 is 4.74 Å². The zero-order chi connectivity index (χ0) is 12.4. The van der Waals surface area contributed by atoms with E-state index in [1.54, 1.807) is 0 Å². The molecule has 5 heteroatoms. The predicted octanol–water partition coefficient (Wildman–Crippen LogP) is 3.53. The molecule has 0 spiro atoms. The van der Waals surface area contributed by atoms with Crippen molar-refractivity contribution in [2.75, 3.05) is 6.61 Å². The highest BCUT2D eigenvalue weighted by atomic mass is 19.4. The Kier molecular flexibility index (Phi) is 3.45. The first-order valence-corrected chi connectivity index (χ1v) is 4.84. The van der Waals surface area contributed by atoms with E-state index in [9.17, 15) is 13.2 Å². The summed E-state index contributed by atoms with van der Waals surface area (Å²) in [7, 11) is 0. The zero-order valence-electron chi connectivity index (χ0n) is 9.43. The minimum Gasteiger partial charge on any atom is -0.491 e. The summed E-state index contributed by atoms with van der Waals surface area (Å²) in [5.74, 6) is 0.350. The fourth-order valence-corrected chi connectivity index (χ4v) is 0.933. The van der Waals surface area contributed by atoms with E-state index in [1.165, 1.54) is 6.07 Å². The molecule has 0 bridgehead atoms. The van der Waals surface area contributed by atoms with Crippen molar-refractivity contribution >= 4 is 0 Å². The van der Waals surface area contributed by atoms with Gasteiger partial charge in [-0.15, -0.1) is 0 Å². The highest BCUT2D eigenvalue weighted by molar-refractivity contribution is 5.21. The Hall–Kier alpha value is -1.26. The number of pyridine rings is 1. The number of hydrogen-bond acceptors (Lipinski definition) is 2. The lowest BCUT2D eigenvalue weighted by Gasteiger charge is -2.18. The fourth-order valence-electron chi connectivity index (χ4n) is 0.933. The van der Waals surface area contributed by atoms with Crippen molar-refractivity contribution in [2.24, 2.45) is 5.41 Å². The minimum atomic E-state index is -4.40. The van der Waals surface area contributed by atoms with Crippen molar-refractivity contribution in [2.45, 2.75) is 26.9 Å². The van der Waals surface area contributed by atoms with Crippen molar-refractivity contribution in [3.63, 3.8) is 0 Å². The molecule has 0 atom stereocenters. The van der Waals surface area contributed by atoms with Gasteiger partial charge in [-0.05, 0) is 17.5 Å². The summed E-state index contributed by atoms with van der Waals surface area (Å²) in [6.45, 7) is 6.36. The van der Waals surface area contributed by atoms with Gasteiger partial charge in [0.2, 0.25) is 0 Å². The Morgan fingerprint density at radius 1 is 1.19 bits per heavy atom. The SMILES string of the molecule is CC(C)(C)COc1ccc(C(F)(F)F)nc1. The van der Waals surface area contributed by atoms with E-state index in [0.29, 0.717) is 12.4 Å². The Morgan fingerprint density at radius 2 is 1.81 bits per heavy atom. The molecule has 0 N–H and O–H groups in total. The Morgan fingerprint density at radius 3 is 2.19 bits per heavy atom. The number of ether oxygens (including phenoxy) is 1. The monoisotopic (exact) mass is 233 g/mol. The molecule has 0 aliphatic heterocycles. The normalized spacial score (nSPS) is 12.6. The summed E-state index contributed by atoms with van der Waals surface area (Å²) in [5, 5.41) is 0. The van der Waals surface area contributed by atoms with Crippen molar-refractivity contribution in [1.29, 1.82) is 0 Å². The van der Waals surface area contributed by atoms with Gasteiger partial charge in [-0.3, -0.25) is 0 Å². The van der Waals surface area contributed by atoms with Crippen molar-refractivity contribution in [1.82, 2.24) is 4.98 Å². The molecule has 2 nitrogen and oxygen atoms in total. The lowest BCUT2D eigenvalue weighted by Crippen LogP contribution is -2.17. The van der Waals surface area contributed by atoms with E-state index < -0.39 is 11.9 Å². The Balaban J connectivity index is 2.66. The third-order valence-corrected chi connectivity index (χ3v) is 1.70. The lowest BCUT2D eigenvalue weighted by molar-refractivity contribution is -0.141. The quantitative estimate of drug-likeness (QED) is 0.779. The largest absolute Gasteiger partial charge is 0.491 e. The fraction of sp³-hybridized carbons (Fsp3) is 0.545. The molecule has 0 aliphatic rings. The standard InChI is InChI=1S/C11H14F3NO/c1-10(2,3)7-16-8-4-5-9(15-6-8)11(12,13)14/h4-6H,7H2,1-3H3. The van der Waals surface area contributed by atoms with Crippen LogP contribution in [0.2, 0.25) is 0 Å². The van der Waals surface area contributed by atoms with Gasteiger partial charge in [0.05, 0.1) is 12.8 Å². The third-order valence-electron chi connectivity index (χ3n) is 1.70. The predicted molar refractivity (Wildman–Crippen MR) is 54.2 cm³/mol. The van der Waals surface area contributed by atoms with Gasteiger partial charge >= 0.3 is 6.18 Å². The number of alkyl halides is 3. The van der Waals surface area contributed by atoms with Crippen LogP contribution in [0.5, 0.6) is 5.75 Å². The lowest BCUT2D eigenvalue weighted by atomic mass is 9.99. The first kappa shape index (κ1) is 12.8. The number of rotatable bonds is 2. The summed E-state index contributed by atoms with van der Waals surface area (Å²) in [4.78, 5) is 3.30. The van der Waals surface area contributed by atoms with Crippen molar-refractivity contribution in [3.8, 4) is 5.75 Å². The van der Waals surface area contributed by atoms with Crippen LogP contribution in [0.15, 0.2) is 18.3 Å².